The number of hydrogen-bond donors (Lipinski definition) is 3. The van der Waals surface area contributed by atoms with E-state index < -0.39 is 33.3 Å². The van der Waals surface area contributed by atoms with E-state index in [4.69, 9.17) is 14.8 Å². The summed E-state index contributed by atoms with van der Waals surface area (Å²) in [6, 6.07) is -1.96. The number of aliphatic carboxylic acids is 2. The molecule has 9 heteroatoms. The van der Waals surface area contributed by atoms with Gasteiger partial charge in [-0.3, -0.25) is 19.0 Å². The highest BCUT2D eigenvalue weighted by atomic mass is 32.2. The molecule has 0 aromatic heterocycles. The highest BCUT2D eigenvalue weighted by Gasteiger charge is 2.45. The second-order valence-corrected chi connectivity index (χ2v) is 5.13. The normalized spacial score (nSPS) is 14.6. The van der Waals surface area contributed by atoms with E-state index in [1.54, 1.807) is 0 Å². The molecule has 8 nitrogen and oxygen atoms in total. The van der Waals surface area contributed by atoms with E-state index in [0.29, 0.717) is 0 Å². The summed E-state index contributed by atoms with van der Waals surface area (Å²) < 4.78 is 31.0. The Labute approximate surface area is 110 Å². The summed E-state index contributed by atoms with van der Waals surface area (Å²) in [6.07, 6.45) is 2.56. The Balaban J connectivity index is 5.71. The van der Waals surface area contributed by atoms with Gasteiger partial charge in [0.05, 0.1) is 0 Å². The Hall–Kier alpha value is -1.71. The van der Waals surface area contributed by atoms with Gasteiger partial charge in [-0.2, -0.15) is 8.42 Å². The Morgan fingerprint density at radius 3 is 1.74 bits per heavy atom. The first-order valence-corrected chi connectivity index (χ1v) is 6.54. The number of hydrogen-bond acceptors (Lipinski definition) is 5. The van der Waals surface area contributed by atoms with Crippen LogP contribution in [0.5, 0.6) is 0 Å². The zero-order valence-corrected chi connectivity index (χ0v) is 10.8. The Kier molecular flexibility index (Phi) is 6.39. The fraction of sp³-hybridized carbons (Fsp3) is 0.400. The number of carboxylic acids is 2. The number of nitrogens with zero attached hydrogens (tertiary/aromatic N) is 1. The maximum atomic E-state index is 11.1. The van der Waals surface area contributed by atoms with E-state index in [1.165, 1.54) is 12.2 Å². The van der Waals surface area contributed by atoms with Crippen LogP contribution in [0, 0.1) is 0 Å². The second-order valence-electron chi connectivity index (χ2n) is 3.59. The average molecular weight is 293 g/mol. The Morgan fingerprint density at radius 2 is 1.53 bits per heavy atom. The number of carbonyl (C=O) groups is 2. The molecule has 0 heterocycles. The summed E-state index contributed by atoms with van der Waals surface area (Å²) in [5, 5.41) is 15.4. The van der Waals surface area contributed by atoms with Crippen molar-refractivity contribution in [2.75, 3.05) is 13.1 Å². The summed E-state index contributed by atoms with van der Waals surface area (Å²) in [6.45, 7) is 6.56. The van der Waals surface area contributed by atoms with Crippen LogP contribution in [0.1, 0.15) is 0 Å². The van der Waals surface area contributed by atoms with Gasteiger partial charge in [0.15, 0.2) is 0 Å². The standard InChI is InChI=1S/C10H15NO7S/c1-3-5-11(6-4-2)7(9(12)13)8(10(14)15)19(16,17)18/h3-4,7-8H,1-2,5-6H2,(H,12,13)(H,14,15)(H,16,17,18). The van der Waals surface area contributed by atoms with E-state index in [1.807, 2.05) is 0 Å². The lowest BCUT2D eigenvalue weighted by Crippen LogP contribution is -2.55. The highest BCUT2D eigenvalue weighted by Crippen LogP contribution is 2.14. The Bertz CT molecular complexity index is 460. The van der Waals surface area contributed by atoms with Crippen LogP contribution in [0.15, 0.2) is 25.3 Å². The summed E-state index contributed by atoms with van der Waals surface area (Å²) in [5.74, 6) is -3.64. The van der Waals surface area contributed by atoms with Crippen molar-refractivity contribution in [2.45, 2.75) is 11.3 Å². The van der Waals surface area contributed by atoms with Crippen molar-refractivity contribution in [1.29, 1.82) is 0 Å². The summed E-state index contributed by atoms with van der Waals surface area (Å²) in [5.41, 5.74) is 0. The average Bonchev–Trinajstić information content (AvgIpc) is 2.22. The maximum absolute atomic E-state index is 11.1. The van der Waals surface area contributed by atoms with Gasteiger partial charge in [-0.25, -0.2) is 0 Å². The molecule has 0 saturated heterocycles. The SMILES string of the molecule is C=CCN(CC=C)C(C(=O)O)C(C(=O)O)S(=O)(=O)O. The summed E-state index contributed by atoms with van der Waals surface area (Å²) in [4.78, 5) is 23.1. The monoisotopic (exact) mass is 293 g/mol. The third kappa shape index (κ3) is 4.81. The van der Waals surface area contributed by atoms with Gasteiger partial charge < -0.3 is 10.2 Å². The van der Waals surface area contributed by atoms with Gasteiger partial charge in [-0.1, -0.05) is 12.2 Å². The maximum Gasteiger partial charge on any atom is 0.326 e. The van der Waals surface area contributed by atoms with Gasteiger partial charge in [0.1, 0.15) is 6.04 Å². The summed E-state index contributed by atoms with van der Waals surface area (Å²) >= 11 is 0. The minimum atomic E-state index is -5.08. The molecule has 2 atom stereocenters. The van der Waals surface area contributed by atoms with Crippen molar-refractivity contribution in [1.82, 2.24) is 4.90 Å². The zero-order valence-electron chi connectivity index (χ0n) is 9.97. The smallest absolute Gasteiger partial charge is 0.326 e. The fourth-order valence-corrected chi connectivity index (χ4v) is 2.40. The molecule has 0 aromatic rings. The third-order valence-electron chi connectivity index (χ3n) is 2.22. The minimum absolute atomic E-state index is 0.0811. The quantitative estimate of drug-likeness (QED) is 0.381. The van der Waals surface area contributed by atoms with E-state index >= 15 is 0 Å². The van der Waals surface area contributed by atoms with E-state index in [2.05, 4.69) is 13.2 Å². The van der Waals surface area contributed by atoms with Gasteiger partial charge in [-0.05, 0) is 0 Å². The van der Waals surface area contributed by atoms with E-state index in [0.717, 1.165) is 4.90 Å². The molecule has 0 radical (unpaired) electrons. The van der Waals surface area contributed by atoms with Gasteiger partial charge >= 0.3 is 11.9 Å². The van der Waals surface area contributed by atoms with Crippen molar-refractivity contribution >= 4 is 22.1 Å². The van der Waals surface area contributed by atoms with Crippen LogP contribution < -0.4 is 0 Å². The molecule has 0 aromatic carbocycles. The van der Waals surface area contributed by atoms with Crippen LogP contribution in [-0.2, 0) is 19.7 Å². The topological polar surface area (TPSA) is 132 Å². The molecule has 3 N–H and O–H groups in total. The molecular formula is C10H15NO7S. The molecule has 0 fully saturated rings. The Morgan fingerprint density at radius 1 is 1.11 bits per heavy atom. The lowest BCUT2D eigenvalue weighted by Gasteiger charge is -2.29. The predicted octanol–water partition coefficient (Wildman–Crippen LogP) is -0.545. The van der Waals surface area contributed by atoms with Crippen LogP contribution in [0.25, 0.3) is 0 Å². The molecular weight excluding hydrogens is 278 g/mol. The first kappa shape index (κ1) is 17.3. The van der Waals surface area contributed by atoms with Gasteiger partial charge in [-0.15, -0.1) is 13.2 Å². The van der Waals surface area contributed by atoms with Crippen LogP contribution in [0.2, 0.25) is 0 Å². The second kappa shape index (κ2) is 7.02. The van der Waals surface area contributed by atoms with Crippen LogP contribution >= 0.6 is 0 Å². The number of rotatable bonds is 9. The molecule has 0 amide bonds. The van der Waals surface area contributed by atoms with E-state index in [-0.39, 0.29) is 13.1 Å². The van der Waals surface area contributed by atoms with Crippen molar-refractivity contribution < 1.29 is 32.8 Å². The van der Waals surface area contributed by atoms with Crippen molar-refractivity contribution in [3.8, 4) is 0 Å². The first-order valence-electron chi connectivity index (χ1n) is 5.04. The van der Waals surface area contributed by atoms with Crippen molar-refractivity contribution in [3.05, 3.63) is 25.3 Å². The molecule has 0 aliphatic carbocycles. The first-order chi connectivity index (χ1) is 8.66. The molecule has 108 valence electrons. The molecule has 0 spiro atoms. The number of carboxylic acid groups (broad SMARTS) is 2. The zero-order chi connectivity index (χ0) is 15.2. The van der Waals surface area contributed by atoms with Crippen LogP contribution in [-0.4, -0.2) is 64.4 Å². The van der Waals surface area contributed by atoms with Crippen molar-refractivity contribution in [3.63, 3.8) is 0 Å². The minimum Gasteiger partial charge on any atom is -0.480 e. The largest absolute Gasteiger partial charge is 0.480 e. The van der Waals surface area contributed by atoms with Crippen LogP contribution in [0.4, 0.5) is 0 Å². The van der Waals surface area contributed by atoms with Gasteiger partial charge in [0.2, 0.25) is 5.25 Å². The van der Waals surface area contributed by atoms with Gasteiger partial charge in [0, 0.05) is 13.1 Å². The highest BCUT2D eigenvalue weighted by molar-refractivity contribution is 7.87. The van der Waals surface area contributed by atoms with Crippen molar-refractivity contribution in [2.24, 2.45) is 0 Å². The lowest BCUT2D eigenvalue weighted by molar-refractivity contribution is -0.149. The fourth-order valence-electron chi connectivity index (χ4n) is 1.54. The molecule has 0 aliphatic rings. The summed E-state index contributed by atoms with van der Waals surface area (Å²) in [7, 11) is -5.08. The molecule has 0 rings (SSSR count). The third-order valence-corrected chi connectivity index (χ3v) is 3.33. The molecule has 2 unspecified atom stereocenters. The molecule has 0 aliphatic heterocycles. The predicted molar refractivity (Wildman–Crippen MR) is 66.4 cm³/mol. The van der Waals surface area contributed by atoms with Crippen LogP contribution in [0.3, 0.4) is 0 Å². The molecule has 0 saturated carbocycles. The molecule has 19 heavy (non-hydrogen) atoms. The van der Waals surface area contributed by atoms with Gasteiger partial charge in [0.25, 0.3) is 10.1 Å². The molecule has 0 bridgehead atoms. The van der Waals surface area contributed by atoms with E-state index in [9.17, 15) is 18.0 Å². The lowest BCUT2D eigenvalue weighted by atomic mass is 10.1.